The van der Waals surface area contributed by atoms with Gasteiger partial charge in [-0.3, -0.25) is 4.79 Å². The third-order valence-electron chi connectivity index (χ3n) is 5.49. The van der Waals surface area contributed by atoms with E-state index in [4.69, 9.17) is 20.8 Å². The number of hydrogen-bond donors (Lipinski definition) is 0. The minimum absolute atomic E-state index is 0.166. The first-order chi connectivity index (χ1) is 15.6. The first-order valence-electron chi connectivity index (χ1n) is 10.2. The normalized spacial score (nSPS) is 11.1. The predicted octanol–water partition coefficient (Wildman–Crippen LogP) is 6.84. The topological polar surface area (TPSA) is 44.4 Å². The first-order valence-corrected chi connectivity index (χ1v) is 10.6. The predicted molar refractivity (Wildman–Crippen MR) is 127 cm³/mol. The molecule has 5 heteroatoms. The Morgan fingerprint density at radius 3 is 2.50 bits per heavy atom. The largest absolute Gasteiger partial charge is 0.497 e. The molecular formula is C27H20ClNO3. The number of carbonyl (C=O) groups excluding carboxylic acids is 1. The molecule has 2 aromatic heterocycles. The molecule has 0 atom stereocenters. The number of fused-ring (bicyclic) bond motifs is 1. The van der Waals surface area contributed by atoms with Crippen LogP contribution in [0, 0.1) is 0 Å². The zero-order valence-electron chi connectivity index (χ0n) is 17.4. The third kappa shape index (κ3) is 3.81. The van der Waals surface area contributed by atoms with Gasteiger partial charge in [0.15, 0.2) is 5.76 Å². The fraction of sp³-hybridized carbons (Fsp3) is 0.0741. The van der Waals surface area contributed by atoms with Gasteiger partial charge in [0.1, 0.15) is 11.5 Å². The van der Waals surface area contributed by atoms with Crippen molar-refractivity contribution < 1.29 is 13.9 Å². The van der Waals surface area contributed by atoms with Crippen molar-refractivity contribution in [2.75, 3.05) is 7.11 Å². The van der Waals surface area contributed by atoms with Gasteiger partial charge in [-0.25, -0.2) is 0 Å². The SMILES string of the molecule is COc1ccc2c(c1)c(C(=O)c1ccc(-c3ccccc3)o1)cn2Cc1ccc(Cl)cc1. The summed E-state index contributed by atoms with van der Waals surface area (Å²) in [5, 5.41) is 1.51. The molecule has 2 heterocycles. The average Bonchev–Trinajstić information content (AvgIpc) is 3.46. The lowest BCUT2D eigenvalue weighted by atomic mass is 10.1. The number of methoxy groups -OCH3 is 1. The van der Waals surface area contributed by atoms with Crippen LogP contribution in [-0.4, -0.2) is 17.5 Å². The third-order valence-corrected chi connectivity index (χ3v) is 5.74. The van der Waals surface area contributed by atoms with Gasteiger partial charge < -0.3 is 13.7 Å². The van der Waals surface area contributed by atoms with E-state index in [0.717, 1.165) is 22.0 Å². The van der Waals surface area contributed by atoms with Gasteiger partial charge in [-0.15, -0.1) is 0 Å². The molecule has 0 radical (unpaired) electrons. The minimum atomic E-state index is -0.166. The van der Waals surface area contributed by atoms with Crippen molar-refractivity contribution in [3.63, 3.8) is 0 Å². The molecule has 4 nitrogen and oxygen atoms in total. The molecule has 0 spiro atoms. The maximum atomic E-state index is 13.4. The van der Waals surface area contributed by atoms with E-state index in [0.29, 0.717) is 34.4 Å². The Morgan fingerprint density at radius 2 is 1.75 bits per heavy atom. The molecule has 158 valence electrons. The summed E-state index contributed by atoms with van der Waals surface area (Å²) in [5.41, 5.74) is 3.53. The van der Waals surface area contributed by atoms with Crippen LogP contribution >= 0.6 is 11.6 Å². The summed E-state index contributed by atoms with van der Waals surface area (Å²) in [6.45, 7) is 0.612. The van der Waals surface area contributed by atoms with Crippen LogP contribution in [0.3, 0.4) is 0 Å². The molecule has 3 aromatic carbocycles. The fourth-order valence-electron chi connectivity index (χ4n) is 3.85. The van der Waals surface area contributed by atoms with E-state index in [2.05, 4.69) is 4.57 Å². The van der Waals surface area contributed by atoms with Crippen molar-refractivity contribution >= 4 is 28.3 Å². The average molecular weight is 442 g/mol. The second-order valence-electron chi connectivity index (χ2n) is 7.54. The van der Waals surface area contributed by atoms with E-state index in [1.54, 1.807) is 13.2 Å². The van der Waals surface area contributed by atoms with Gasteiger partial charge in [0.05, 0.1) is 12.7 Å². The summed E-state index contributed by atoms with van der Waals surface area (Å²) in [5.74, 6) is 1.49. The van der Waals surface area contributed by atoms with Gasteiger partial charge in [0.25, 0.3) is 0 Å². The number of aromatic nitrogens is 1. The number of ether oxygens (including phenoxy) is 1. The number of carbonyl (C=O) groups is 1. The number of nitrogens with zero attached hydrogens (tertiary/aromatic N) is 1. The van der Waals surface area contributed by atoms with Crippen LogP contribution in [0.2, 0.25) is 5.02 Å². The molecule has 0 unspecified atom stereocenters. The molecule has 0 amide bonds. The Kier molecular flexibility index (Phi) is 5.29. The van der Waals surface area contributed by atoms with Crippen LogP contribution in [0.4, 0.5) is 0 Å². The highest BCUT2D eigenvalue weighted by atomic mass is 35.5. The van der Waals surface area contributed by atoms with Crippen LogP contribution in [-0.2, 0) is 6.54 Å². The number of hydrogen-bond acceptors (Lipinski definition) is 3. The van der Waals surface area contributed by atoms with Crippen LogP contribution in [0.15, 0.2) is 95.5 Å². The summed E-state index contributed by atoms with van der Waals surface area (Å²) in [7, 11) is 1.62. The quantitative estimate of drug-likeness (QED) is 0.271. The maximum Gasteiger partial charge on any atom is 0.230 e. The molecule has 0 aliphatic carbocycles. The molecule has 0 bridgehead atoms. The van der Waals surface area contributed by atoms with E-state index < -0.39 is 0 Å². The van der Waals surface area contributed by atoms with Crippen molar-refractivity contribution in [2.24, 2.45) is 0 Å². The van der Waals surface area contributed by atoms with Gasteiger partial charge in [-0.1, -0.05) is 54.1 Å². The lowest BCUT2D eigenvalue weighted by Crippen LogP contribution is -2.00. The Morgan fingerprint density at radius 1 is 0.969 bits per heavy atom. The van der Waals surface area contributed by atoms with Crippen molar-refractivity contribution in [1.82, 2.24) is 4.57 Å². The standard InChI is InChI=1S/C27H20ClNO3/c1-31-21-11-12-24-22(15-21)23(17-29(24)16-18-7-9-20(28)10-8-18)27(30)26-14-13-25(32-26)19-5-3-2-4-6-19/h2-15,17H,16H2,1H3. The van der Waals surface area contributed by atoms with E-state index in [-0.39, 0.29) is 5.78 Å². The molecule has 0 saturated carbocycles. The fourth-order valence-corrected chi connectivity index (χ4v) is 3.98. The zero-order valence-corrected chi connectivity index (χ0v) is 18.2. The molecule has 0 N–H and O–H groups in total. The summed E-state index contributed by atoms with van der Waals surface area (Å²) in [6, 6.07) is 26.8. The highest BCUT2D eigenvalue weighted by Crippen LogP contribution is 2.30. The van der Waals surface area contributed by atoms with Crippen molar-refractivity contribution in [2.45, 2.75) is 6.54 Å². The summed E-state index contributed by atoms with van der Waals surface area (Å²) in [6.07, 6.45) is 1.88. The highest BCUT2D eigenvalue weighted by Gasteiger charge is 2.21. The minimum Gasteiger partial charge on any atom is -0.497 e. The molecule has 0 saturated heterocycles. The lowest BCUT2D eigenvalue weighted by Gasteiger charge is -2.06. The Bertz CT molecular complexity index is 1400. The van der Waals surface area contributed by atoms with Gasteiger partial charge in [0.2, 0.25) is 5.78 Å². The van der Waals surface area contributed by atoms with Gasteiger partial charge in [-0.2, -0.15) is 0 Å². The maximum absolute atomic E-state index is 13.4. The van der Waals surface area contributed by atoms with Crippen LogP contribution in [0.25, 0.3) is 22.2 Å². The smallest absolute Gasteiger partial charge is 0.230 e. The molecule has 0 aliphatic heterocycles. The van der Waals surface area contributed by atoms with Crippen LogP contribution in [0.5, 0.6) is 5.75 Å². The molecule has 5 aromatic rings. The zero-order chi connectivity index (χ0) is 22.1. The van der Waals surface area contributed by atoms with Gasteiger partial charge in [0, 0.05) is 34.2 Å². The van der Waals surface area contributed by atoms with Crippen molar-refractivity contribution in [1.29, 1.82) is 0 Å². The van der Waals surface area contributed by atoms with Crippen LogP contribution in [0.1, 0.15) is 21.7 Å². The Hall–Kier alpha value is -3.76. The monoisotopic (exact) mass is 441 g/mol. The molecule has 0 fully saturated rings. The van der Waals surface area contributed by atoms with Crippen molar-refractivity contribution in [3.05, 3.63) is 113 Å². The highest BCUT2D eigenvalue weighted by molar-refractivity contribution is 6.30. The lowest BCUT2D eigenvalue weighted by molar-refractivity contribution is 0.101. The van der Waals surface area contributed by atoms with E-state index >= 15 is 0 Å². The van der Waals surface area contributed by atoms with Crippen molar-refractivity contribution in [3.8, 4) is 17.1 Å². The van der Waals surface area contributed by atoms with E-state index in [1.165, 1.54) is 0 Å². The summed E-state index contributed by atoms with van der Waals surface area (Å²) >= 11 is 6.03. The van der Waals surface area contributed by atoms with Gasteiger partial charge in [-0.05, 0) is 48.0 Å². The van der Waals surface area contributed by atoms with Gasteiger partial charge >= 0.3 is 0 Å². The molecule has 0 aliphatic rings. The number of furan rings is 1. The number of benzene rings is 3. The number of rotatable bonds is 6. The first kappa shape index (κ1) is 20.2. The van der Waals surface area contributed by atoms with Crippen LogP contribution < -0.4 is 4.74 Å². The Balaban J connectivity index is 1.56. The number of ketones is 1. The second kappa shape index (κ2) is 8.40. The summed E-state index contributed by atoms with van der Waals surface area (Å²) < 4.78 is 13.4. The van der Waals surface area contributed by atoms with E-state index in [9.17, 15) is 4.79 Å². The number of halogens is 1. The molecular weight excluding hydrogens is 422 g/mol. The molecule has 5 rings (SSSR count). The van der Waals surface area contributed by atoms with E-state index in [1.807, 2.05) is 85.1 Å². The molecule has 32 heavy (non-hydrogen) atoms. The second-order valence-corrected chi connectivity index (χ2v) is 7.98. The Labute approximate surface area is 190 Å². The summed E-state index contributed by atoms with van der Waals surface area (Å²) in [4.78, 5) is 13.4.